The van der Waals surface area contributed by atoms with Gasteiger partial charge in [-0.1, -0.05) is 12.1 Å². The fourth-order valence-electron chi connectivity index (χ4n) is 2.42. The summed E-state index contributed by atoms with van der Waals surface area (Å²) < 4.78 is 15.6. The molecule has 1 aromatic rings. The SMILES string of the molecule is CCN(CC)C(=O)COc1ccc(C=C2C(=O)OC(C)(C)OC2=O)cc1. The fraction of sp³-hybridized carbons (Fsp3) is 0.421. The van der Waals surface area contributed by atoms with Crippen molar-refractivity contribution in [3.8, 4) is 5.75 Å². The molecule has 7 nitrogen and oxygen atoms in total. The van der Waals surface area contributed by atoms with E-state index in [0.29, 0.717) is 24.4 Å². The Labute approximate surface area is 152 Å². The van der Waals surface area contributed by atoms with Crippen LogP contribution in [0.1, 0.15) is 33.3 Å². The highest BCUT2D eigenvalue weighted by molar-refractivity contribution is 6.18. The van der Waals surface area contributed by atoms with Crippen LogP contribution < -0.4 is 4.74 Å². The summed E-state index contributed by atoms with van der Waals surface area (Å²) in [5.41, 5.74) is 0.436. The molecular formula is C19H23NO6. The van der Waals surface area contributed by atoms with Gasteiger partial charge in [0.1, 0.15) is 11.3 Å². The smallest absolute Gasteiger partial charge is 0.348 e. The van der Waals surface area contributed by atoms with Gasteiger partial charge in [-0.15, -0.1) is 0 Å². The number of hydrogen-bond acceptors (Lipinski definition) is 6. The highest BCUT2D eigenvalue weighted by atomic mass is 16.7. The van der Waals surface area contributed by atoms with E-state index in [1.165, 1.54) is 19.9 Å². The number of benzene rings is 1. The normalized spacial score (nSPS) is 15.8. The molecule has 1 aliphatic rings. The van der Waals surface area contributed by atoms with Gasteiger partial charge in [-0.2, -0.15) is 0 Å². The summed E-state index contributed by atoms with van der Waals surface area (Å²) in [6, 6.07) is 6.66. The van der Waals surface area contributed by atoms with Crippen LogP contribution >= 0.6 is 0 Å². The summed E-state index contributed by atoms with van der Waals surface area (Å²) in [5, 5.41) is 0. The lowest BCUT2D eigenvalue weighted by atomic mass is 10.1. The van der Waals surface area contributed by atoms with E-state index >= 15 is 0 Å². The second-order valence-corrected chi connectivity index (χ2v) is 6.16. The second-order valence-electron chi connectivity index (χ2n) is 6.16. The molecule has 26 heavy (non-hydrogen) atoms. The third kappa shape index (κ3) is 4.84. The van der Waals surface area contributed by atoms with Gasteiger partial charge >= 0.3 is 11.9 Å². The summed E-state index contributed by atoms with van der Waals surface area (Å²) >= 11 is 0. The minimum absolute atomic E-state index is 0.0458. The first-order chi connectivity index (χ1) is 12.3. The van der Waals surface area contributed by atoms with Gasteiger partial charge in [0, 0.05) is 26.9 Å². The molecule has 0 bridgehead atoms. The van der Waals surface area contributed by atoms with Crippen LogP contribution in [0.15, 0.2) is 29.8 Å². The number of amides is 1. The molecule has 0 saturated carbocycles. The molecule has 1 aliphatic heterocycles. The van der Waals surface area contributed by atoms with E-state index in [0.717, 1.165) is 0 Å². The van der Waals surface area contributed by atoms with E-state index in [9.17, 15) is 14.4 Å². The molecule has 1 aromatic carbocycles. The van der Waals surface area contributed by atoms with Crippen molar-refractivity contribution in [2.24, 2.45) is 0 Å². The standard InChI is InChI=1S/C19H23NO6/c1-5-20(6-2)16(21)12-24-14-9-7-13(8-10-14)11-15-17(22)25-19(3,4)26-18(15)23/h7-11H,5-6,12H2,1-4H3. The lowest BCUT2D eigenvalue weighted by Crippen LogP contribution is -2.41. The van der Waals surface area contributed by atoms with E-state index in [2.05, 4.69) is 0 Å². The maximum atomic E-state index is 11.9. The second kappa shape index (κ2) is 8.03. The molecule has 1 saturated heterocycles. The number of nitrogens with zero attached hydrogens (tertiary/aromatic N) is 1. The Hall–Kier alpha value is -2.83. The Morgan fingerprint density at radius 2 is 1.62 bits per heavy atom. The van der Waals surface area contributed by atoms with Gasteiger partial charge in [0.2, 0.25) is 0 Å². The largest absolute Gasteiger partial charge is 0.484 e. The molecule has 2 rings (SSSR count). The predicted molar refractivity (Wildman–Crippen MR) is 94.1 cm³/mol. The van der Waals surface area contributed by atoms with Crippen LogP contribution in [0.5, 0.6) is 5.75 Å². The molecule has 0 atom stereocenters. The Kier molecular flexibility index (Phi) is 6.02. The first-order valence-electron chi connectivity index (χ1n) is 8.44. The summed E-state index contributed by atoms with van der Waals surface area (Å²) in [7, 11) is 0. The molecule has 7 heteroatoms. The highest BCUT2D eigenvalue weighted by Gasteiger charge is 2.38. The molecule has 0 spiro atoms. The zero-order valence-corrected chi connectivity index (χ0v) is 15.4. The van der Waals surface area contributed by atoms with Gasteiger partial charge in [-0.25, -0.2) is 9.59 Å². The van der Waals surface area contributed by atoms with E-state index in [-0.39, 0.29) is 18.1 Å². The highest BCUT2D eigenvalue weighted by Crippen LogP contribution is 2.24. The maximum Gasteiger partial charge on any atom is 0.348 e. The molecule has 140 valence electrons. The van der Waals surface area contributed by atoms with Crippen LogP contribution in [0.2, 0.25) is 0 Å². The third-order valence-corrected chi connectivity index (χ3v) is 3.79. The maximum absolute atomic E-state index is 11.9. The lowest BCUT2D eigenvalue weighted by Gasteiger charge is -2.29. The average molecular weight is 361 g/mol. The number of ether oxygens (including phenoxy) is 3. The predicted octanol–water partition coefficient (Wildman–Crippen LogP) is 2.15. The summed E-state index contributed by atoms with van der Waals surface area (Å²) in [5.74, 6) is -2.28. The van der Waals surface area contributed by atoms with Gasteiger partial charge < -0.3 is 19.1 Å². The van der Waals surface area contributed by atoms with Gasteiger partial charge in [0.25, 0.3) is 11.7 Å². The van der Waals surface area contributed by atoms with Crippen molar-refractivity contribution in [3.63, 3.8) is 0 Å². The van der Waals surface area contributed by atoms with E-state index in [1.807, 2.05) is 13.8 Å². The number of cyclic esters (lactones) is 2. The Morgan fingerprint density at radius 3 is 2.12 bits per heavy atom. The van der Waals surface area contributed by atoms with Crippen LogP contribution in [0.4, 0.5) is 0 Å². The van der Waals surface area contributed by atoms with Crippen LogP contribution in [0, 0.1) is 0 Å². The van der Waals surface area contributed by atoms with Crippen molar-refractivity contribution in [3.05, 3.63) is 35.4 Å². The zero-order valence-electron chi connectivity index (χ0n) is 15.4. The monoisotopic (exact) mass is 361 g/mol. The number of carbonyl (C=O) groups is 3. The lowest BCUT2D eigenvalue weighted by molar-refractivity contribution is -0.222. The van der Waals surface area contributed by atoms with Crippen LogP contribution in [-0.2, 0) is 23.9 Å². The molecule has 0 radical (unpaired) electrons. The van der Waals surface area contributed by atoms with Crippen LogP contribution in [0.3, 0.4) is 0 Å². The zero-order chi connectivity index (χ0) is 19.3. The van der Waals surface area contributed by atoms with Crippen molar-refractivity contribution in [2.75, 3.05) is 19.7 Å². The van der Waals surface area contributed by atoms with Gasteiger partial charge in [-0.05, 0) is 37.6 Å². The van der Waals surface area contributed by atoms with Gasteiger partial charge in [0.15, 0.2) is 6.61 Å². The molecule has 0 N–H and O–H groups in total. The van der Waals surface area contributed by atoms with E-state index in [1.54, 1.807) is 29.2 Å². The van der Waals surface area contributed by atoms with Crippen LogP contribution in [0.25, 0.3) is 6.08 Å². The molecule has 1 fully saturated rings. The van der Waals surface area contributed by atoms with Crippen molar-refractivity contribution in [2.45, 2.75) is 33.5 Å². The topological polar surface area (TPSA) is 82.1 Å². The number of rotatable bonds is 6. The molecule has 1 amide bonds. The number of carbonyl (C=O) groups excluding carboxylic acids is 3. The van der Waals surface area contributed by atoms with Gasteiger partial charge in [-0.3, -0.25) is 4.79 Å². The van der Waals surface area contributed by atoms with Crippen molar-refractivity contribution in [1.82, 2.24) is 4.90 Å². The van der Waals surface area contributed by atoms with E-state index in [4.69, 9.17) is 14.2 Å². The Balaban J connectivity index is 2.02. The minimum atomic E-state index is -1.26. The average Bonchev–Trinajstić information content (AvgIpc) is 2.57. The van der Waals surface area contributed by atoms with Crippen molar-refractivity contribution < 1.29 is 28.6 Å². The minimum Gasteiger partial charge on any atom is -0.484 e. The van der Waals surface area contributed by atoms with Gasteiger partial charge in [0.05, 0.1) is 0 Å². The molecule has 1 heterocycles. The third-order valence-electron chi connectivity index (χ3n) is 3.79. The van der Waals surface area contributed by atoms with Crippen LogP contribution in [-0.4, -0.2) is 48.2 Å². The number of likely N-dealkylation sites (N-methyl/N-ethyl adjacent to an activating group) is 1. The van der Waals surface area contributed by atoms with Crippen molar-refractivity contribution >= 4 is 23.9 Å². The molecular weight excluding hydrogens is 338 g/mol. The first-order valence-corrected chi connectivity index (χ1v) is 8.44. The molecule has 0 aliphatic carbocycles. The first kappa shape index (κ1) is 19.5. The Bertz CT molecular complexity index is 694. The fourth-order valence-corrected chi connectivity index (χ4v) is 2.42. The quantitative estimate of drug-likeness (QED) is 0.439. The Morgan fingerprint density at radius 1 is 1.08 bits per heavy atom. The summed E-state index contributed by atoms with van der Waals surface area (Å²) in [6.07, 6.45) is 1.39. The van der Waals surface area contributed by atoms with E-state index < -0.39 is 17.7 Å². The molecule has 0 unspecified atom stereocenters. The summed E-state index contributed by atoms with van der Waals surface area (Å²) in [6.45, 7) is 8.02. The number of esters is 2. The number of hydrogen-bond donors (Lipinski definition) is 0. The molecule has 0 aromatic heterocycles. The summed E-state index contributed by atoms with van der Waals surface area (Å²) in [4.78, 5) is 37.5. The van der Waals surface area contributed by atoms with Crippen molar-refractivity contribution in [1.29, 1.82) is 0 Å².